The number of aryl methyl sites for hydroxylation is 2. The van der Waals surface area contributed by atoms with E-state index >= 15 is 0 Å². The molecule has 3 aromatic rings. The van der Waals surface area contributed by atoms with Crippen molar-refractivity contribution in [2.45, 2.75) is 45.1 Å². The Morgan fingerprint density at radius 3 is 2.66 bits per heavy atom. The van der Waals surface area contributed by atoms with E-state index in [-0.39, 0.29) is 13.1 Å². The standard InChI is InChI=1S/C23H27N7O2/c1-6-15-7-19(23(11-24)12-30(13-23)21(31)32-22(2,3)4)25-9-16(15)28-20-8-18-17(10-26-20)27-14-29(18)5/h7-10,14H,6,12-13H2,1-5H3,(H,26,28). The number of nitriles is 1. The highest BCUT2D eigenvalue weighted by Gasteiger charge is 2.49. The van der Waals surface area contributed by atoms with Gasteiger partial charge in [-0.1, -0.05) is 6.92 Å². The molecule has 0 unspecified atom stereocenters. The number of carbonyl (C=O) groups is 1. The Kier molecular flexibility index (Phi) is 5.25. The summed E-state index contributed by atoms with van der Waals surface area (Å²) in [6.07, 6.45) is 5.57. The predicted molar refractivity (Wildman–Crippen MR) is 121 cm³/mol. The number of likely N-dealkylation sites (tertiary alicyclic amines) is 1. The molecule has 1 aliphatic rings. The zero-order chi connectivity index (χ0) is 23.1. The van der Waals surface area contributed by atoms with Crippen molar-refractivity contribution in [2.75, 3.05) is 18.4 Å². The molecule has 3 aromatic heterocycles. The second kappa shape index (κ2) is 7.79. The van der Waals surface area contributed by atoms with E-state index in [0.29, 0.717) is 11.5 Å². The molecule has 0 saturated carbocycles. The van der Waals surface area contributed by atoms with Gasteiger partial charge in [-0.2, -0.15) is 5.26 Å². The van der Waals surface area contributed by atoms with Crippen molar-refractivity contribution in [1.82, 2.24) is 24.4 Å². The van der Waals surface area contributed by atoms with Crippen LogP contribution < -0.4 is 5.32 Å². The number of rotatable bonds is 4. The number of fused-ring (bicyclic) bond motifs is 1. The molecule has 0 radical (unpaired) electrons. The molecule has 1 amide bonds. The molecule has 166 valence electrons. The summed E-state index contributed by atoms with van der Waals surface area (Å²) in [7, 11) is 1.94. The number of hydrogen-bond acceptors (Lipinski definition) is 7. The molecule has 0 atom stereocenters. The van der Waals surface area contributed by atoms with Crippen LogP contribution in [-0.2, 0) is 23.6 Å². The lowest BCUT2D eigenvalue weighted by Crippen LogP contribution is -2.61. The number of imidazole rings is 1. The average molecular weight is 434 g/mol. The maximum atomic E-state index is 12.3. The van der Waals surface area contributed by atoms with Crippen molar-refractivity contribution in [3.8, 4) is 6.07 Å². The number of ether oxygens (including phenoxy) is 1. The number of aromatic nitrogens is 4. The van der Waals surface area contributed by atoms with Gasteiger partial charge in [0.2, 0.25) is 0 Å². The first-order valence-electron chi connectivity index (χ1n) is 10.6. The first-order chi connectivity index (χ1) is 15.1. The van der Waals surface area contributed by atoms with Gasteiger partial charge < -0.3 is 19.5 Å². The maximum Gasteiger partial charge on any atom is 0.410 e. The second-order valence-corrected chi connectivity index (χ2v) is 9.15. The van der Waals surface area contributed by atoms with Crippen LogP contribution in [0.3, 0.4) is 0 Å². The fourth-order valence-corrected chi connectivity index (χ4v) is 3.75. The highest BCUT2D eigenvalue weighted by molar-refractivity contribution is 5.78. The zero-order valence-electron chi connectivity index (χ0n) is 19.0. The molecule has 0 aromatic carbocycles. The third-order valence-electron chi connectivity index (χ3n) is 5.52. The molecule has 32 heavy (non-hydrogen) atoms. The van der Waals surface area contributed by atoms with Crippen LogP contribution in [0, 0.1) is 11.3 Å². The van der Waals surface area contributed by atoms with Gasteiger partial charge in [0.25, 0.3) is 0 Å². The molecule has 4 rings (SSSR count). The number of pyridine rings is 2. The van der Waals surface area contributed by atoms with Crippen LogP contribution in [0.25, 0.3) is 11.0 Å². The third kappa shape index (κ3) is 3.96. The predicted octanol–water partition coefficient (Wildman–Crippen LogP) is 3.68. The maximum absolute atomic E-state index is 12.3. The molecule has 1 fully saturated rings. The van der Waals surface area contributed by atoms with Gasteiger partial charge in [-0.15, -0.1) is 0 Å². The molecule has 1 saturated heterocycles. The van der Waals surface area contributed by atoms with Gasteiger partial charge in [0, 0.05) is 13.1 Å². The Labute approximate surface area is 187 Å². The van der Waals surface area contributed by atoms with Crippen LogP contribution in [0.4, 0.5) is 16.3 Å². The van der Waals surface area contributed by atoms with Crippen molar-refractivity contribution in [3.05, 3.63) is 42.1 Å². The fourth-order valence-electron chi connectivity index (χ4n) is 3.75. The summed E-state index contributed by atoms with van der Waals surface area (Å²) in [6.45, 7) is 8.05. The Bertz CT molecular complexity index is 1210. The number of amides is 1. The van der Waals surface area contributed by atoms with Crippen LogP contribution in [0.1, 0.15) is 39.0 Å². The third-order valence-corrected chi connectivity index (χ3v) is 5.52. The van der Waals surface area contributed by atoms with Crippen LogP contribution in [-0.4, -0.2) is 49.2 Å². The van der Waals surface area contributed by atoms with Gasteiger partial charge in [-0.3, -0.25) is 4.98 Å². The minimum atomic E-state index is -0.828. The summed E-state index contributed by atoms with van der Waals surface area (Å²) < 4.78 is 7.35. The lowest BCUT2D eigenvalue weighted by Gasteiger charge is -2.45. The summed E-state index contributed by atoms with van der Waals surface area (Å²) in [5, 5.41) is 13.2. The molecule has 0 aliphatic carbocycles. The Morgan fingerprint density at radius 1 is 1.25 bits per heavy atom. The number of nitrogens with zero attached hydrogens (tertiary/aromatic N) is 6. The quantitative estimate of drug-likeness (QED) is 0.668. The molecule has 9 nitrogen and oxygen atoms in total. The highest BCUT2D eigenvalue weighted by atomic mass is 16.6. The first-order valence-corrected chi connectivity index (χ1v) is 10.6. The Balaban J connectivity index is 1.54. The van der Waals surface area contributed by atoms with Crippen LogP contribution >= 0.6 is 0 Å². The summed E-state index contributed by atoms with van der Waals surface area (Å²) in [4.78, 5) is 27.2. The molecule has 1 N–H and O–H groups in total. The highest BCUT2D eigenvalue weighted by Crippen LogP contribution is 2.35. The van der Waals surface area contributed by atoms with E-state index in [4.69, 9.17) is 4.74 Å². The van der Waals surface area contributed by atoms with E-state index in [1.54, 1.807) is 23.6 Å². The van der Waals surface area contributed by atoms with Crippen molar-refractivity contribution < 1.29 is 9.53 Å². The smallest absolute Gasteiger partial charge is 0.410 e. The van der Waals surface area contributed by atoms with Crippen molar-refractivity contribution in [1.29, 1.82) is 5.26 Å². The van der Waals surface area contributed by atoms with Crippen LogP contribution in [0.15, 0.2) is 30.9 Å². The normalized spacial score (nSPS) is 15.2. The van der Waals surface area contributed by atoms with Gasteiger partial charge in [0.1, 0.15) is 22.4 Å². The van der Waals surface area contributed by atoms with Crippen molar-refractivity contribution >= 4 is 28.6 Å². The molecular weight excluding hydrogens is 406 g/mol. The van der Waals surface area contributed by atoms with E-state index in [9.17, 15) is 10.1 Å². The summed E-state index contributed by atoms with van der Waals surface area (Å²) in [5.74, 6) is 0.695. The van der Waals surface area contributed by atoms with E-state index in [2.05, 4.69) is 33.3 Å². The molecule has 4 heterocycles. The molecular formula is C23H27N7O2. The van der Waals surface area contributed by atoms with Gasteiger partial charge in [-0.25, -0.2) is 14.8 Å². The summed E-state index contributed by atoms with van der Waals surface area (Å²) >= 11 is 0. The van der Waals surface area contributed by atoms with E-state index in [0.717, 1.165) is 28.7 Å². The fraction of sp³-hybridized carbons (Fsp3) is 0.435. The minimum absolute atomic E-state index is 0.264. The molecule has 0 spiro atoms. The number of nitrogens with one attached hydrogen (secondary N) is 1. The summed E-state index contributed by atoms with van der Waals surface area (Å²) in [5.41, 5.74) is 2.93. The Morgan fingerprint density at radius 2 is 2.00 bits per heavy atom. The van der Waals surface area contributed by atoms with Crippen LogP contribution in [0.2, 0.25) is 0 Å². The van der Waals surface area contributed by atoms with Crippen LogP contribution in [0.5, 0.6) is 0 Å². The number of anilines is 2. The van der Waals surface area contributed by atoms with E-state index in [1.807, 2.05) is 44.5 Å². The Hall–Kier alpha value is -3.67. The molecule has 0 bridgehead atoms. The van der Waals surface area contributed by atoms with E-state index in [1.165, 1.54) is 0 Å². The lowest BCUT2D eigenvalue weighted by molar-refractivity contribution is -0.00100. The topological polar surface area (TPSA) is 109 Å². The minimum Gasteiger partial charge on any atom is -0.444 e. The zero-order valence-corrected chi connectivity index (χ0v) is 19.0. The number of hydrogen-bond donors (Lipinski definition) is 1. The average Bonchev–Trinajstić information content (AvgIpc) is 3.07. The molecule has 9 heteroatoms. The lowest BCUT2D eigenvalue weighted by atomic mass is 9.77. The monoisotopic (exact) mass is 433 g/mol. The molecule has 1 aliphatic heterocycles. The van der Waals surface area contributed by atoms with Gasteiger partial charge in [0.05, 0.1) is 54.8 Å². The largest absolute Gasteiger partial charge is 0.444 e. The first kappa shape index (κ1) is 21.6. The van der Waals surface area contributed by atoms with Gasteiger partial charge >= 0.3 is 6.09 Å². The van der Waals surface area contributed by atoms with Crippen molar-refractivity contribution in [2.24, 2.45) is 7.05 Å². The SMILES string of the molecule is CCc1cc(C2(C#N)CN(C(=O)OC(C)(C)C)C2)ncc1Nc1cc2c(cn1)ncn2C. The van der Waals surface area contributed by atoms with Crippen molar-refractivity contribution in [3.63, 3.8) is 0 Å². The second-order valence-electron chi connectivity index (χ2n) is 9.15. The van der Waals surface area contributed by atoms with Gasteiger partial charge in [-0.05, 0) is 38.8 Å². The van der Waals surface area contributed by atoms with Gasteiger partial charge in [0.15, 0.2) is 0 Å². The summed E-state index contributed by atoms with van der Waals surface area (Å²) in [6, 6.07) is 6.25. The number of carbonyl (C=O) groups excluding carboxylic acids is 1. The van der Waals surface area contributed by atoms with E-state index < -0.39 is 17.1 Å².